The predicted octanol–water partition coefficient (Wildman–Crippen LogP) is 0.464. The van der Waals surface area contributed by atoms with E-state index in [2.05, 4.69) is 10.8 Å². The van der Waals surface area contributed by atoms with E-state index in [4.69, 9.17) is 4.84 Å². The third-order valence-corrected chi connectivity index (χ3v) is 2.40. The Morgan fingerprint density at radius 1 is 1.46 bits per heavy atom. The quantitative estimate of drug-likeness (QED) is 0.623. The van der Waals surface area contributed by atoms with Gasteiger partial charge in [0.1, 0.15) is 5.82 Å². The highest BCUT2D eigenvalue weighted by atomic mass is 16.7. The van der Waals surface area contributed by atoms with E-state index in [0.717, 1.165) is 12.8 Å². The van der Waals surface area contributed by atoms with E-state index in [0.29, 0.717) is 18.5 Å². The van der Waals surface area contributed by atoms with Crippen molar-refractivity contribution in [2.75, 3.05) is 6.54 Å². The number of nitrogens with one attached hydrogen (secondary N) is 2. The van der Waals surface area contributed by atoms with Crippen molar-refractivity contribution < 1.29 is 9.63 Å². The van der Waals surface area contributed by atoms with Crippen molar-refractivity contribution in [3.05, 3.63) is 11.9 Å². The summed E-state index contributed by atoms with van der Waals surface area (Å²) in [5, 5.41) is 2.91. The molecule has 13 heavy (non-hydrogen) atoms. The maximum atomic E-state index is 10.8. The predicted molar refractivity (Wildman–Crippen MR) is 47.6 cm³/mol. The van der Waals surface area contributed by atoms with Gasteiger partial charge in [-0.05, 0) is 12.8 Å². The van der Waals surface area contributed by atoms with Gasteiger partial charge in [0.2, 0.25) is 0 Å². The lowest BCUT2D eigenvalue weighted by Crippen LogP contribution is -2.27. The van der Waals surface area contributed by atoms with Crippen LogP contribution in [-0.4, -0.2) is 18.4 Å². The van der Waals surface area contributed by atoms with E-state index in [1.807, 2.05) is 0 Å². The van der Waals surface area contributed by atoms with Gasteiger partial charge in [0, 0.05) is 6.08 Å². The van der Waals surface area contributed by atoms with Crippen LogP contribution in [0, 0.1) is 0 Å². The molecule has 0 aromatic rings. The molecule has 4 nitrogen and oxygen atoms in total. The van der Waals surface area contributed by atoms with Crippen molar-refractivity contribution in [1.82, 2.24) is 10.8 Å². The molecule has 1 saturated carbocycles. The summed E-state index contributed by atoms with van der Waals surface area (Å²) >= 11 is 0. The average Bonchev–Trinajstić information content (AvgIpc) is 2.71. The Morgan fingerprint density at radius 2 is 2.23 bits per heavy atom. The van der Waals surface area contributed by atoms with Gasteiger partial charge in [-0.2, -0.15) is 0 Å². The highest BCUT2D eigenvalue weighted by Crippen LogP contribution is 2.20. The standard InChI is InChI=1S/C9H14N2O2/c12-7-5-9(10-6-7)11-13-8-3-1-2-4-8/h5,8,10-11H,1-4,6H2. The number of rotatable bonds is 3. The molecule has 72 valence electrons. The van der Waals surface area contributed by atoms with E-state index in [1.165, 1.54) is 18.9 Å². The van der Waals surface area contributed by atoms with Crippen molar-refractivity contribution in [2.24, 2.45) is 0 Å². The Labute approximate surface area is 77.3 Å². The fourth-order valence-electron chi connectivity index (χ4n) is 1.66. The molecule has 1 aliphatic carbocycles. The molecule has 1 heterocycles. The number of hydrogen-bond donors (Lipinski definition) is 2. The molecule has 4 heteroatoms. The third-order valence-electron chi connectivity index (χ3n) is 2.40. The van der Waals surface area contributed by atoms with Crippen LogP contribution in [0.1, 0.15) is 25.7 Å². The monoisotopic (exact) mass is 182 g/mol. The second-order valence-electron chi connectivity index (χ2n) is 3.50. The molecular formula is C9H14N2O2. The Hall–Kier alpha value is -1.03. The Bertz CT molecular complexity index is 232. The zero-order chi connectivity index (χ0) is 9.10. The van der Waals surface area contributed by atoms with Crippen LogP contribution in [0.3, 0.4) is 0 Å². The van der Waals surface area contributed by atoms with Gasteiger partial charge in [0.25, 0.3) is 0 Å². The molecule has 2 aliphatic rings. The number of ketones is 1. The molecule has 2 N–H and O–H groups in total. The lowest BCUT2D eigenvalue weighted by Gasteiger charge is -2.12. The summed E-state index contributed by atoms with van der Waals surface area (Å²) in [5.41, 5.74) is 2.78. The van der Waals surface area contributed by atoms with Crippen LogP contribution in [0.2, 0.25) is 0 Å². The van der Waals surface area contributed by atoms with Crippen LogP contribution in [-0.2, 0) is 9.63 Å². The Morgan fingerprint density at radius 3 is 2.85 bits per heavy atom. The lowest BCUT2D eigenvalue weighted by molar-refractivity contribution is -0.113. The Balaban J connectivity index is 1.73. The van der Waals surface area contributed by atoms with E-state index >= 15 is 0 Å². The molecule has 0 saturated heterocycles. The van der Waals surface area contributed by atoms with E-state index in [1.54, 1.807) is 0 Å². The molecule has 1 fully saturated rings. The average molecular weight is 182 g/mol. The number of hydrogen-bond acceptors (Lipinski definition) is 4. The fourth-order valence-corrected chi connectivity index (χ4v) is 1.66. The third kappa shape index (κ3) is 2.21. The van der Waals surface area contributed by atoms with Crippen molar-refractivity contribution in [1.29, 1.82) is 0 Å². The molecule has 0 spiro atoms. The second kappa shape index (κ2) is 3.79. The molecule has 0 radical (unpaired) electrons. The molecule has 2 rings (SSSR count). The van der Waals surface area contributed by atoms with E-state index in [-0.39, 0.29) is 5.78 Å². The SMILES string of the molecule is O=C1C=C(NOC2CCCC2)NC1. The van der Waals surface area contributed by atoms with Gasteiger partial charge in [-0.3, -0.25) is 15.1 Å². The molecule has 0 amide bonds. The molecule has 0 bridgehead atoms. The van der Waals surface area contributed by atoms with Crippen molar-refractivity contribution in [3.8, 4) is 0 Å². The van der Waals surface area contributed by atoms with Gasteiger partial charge in [-0.15, -0.1) is 0 Å². The minimum absolute atomic E-state index is 0.0949. The van der Waals surface area contributed by atoms with Gasteiger partial charge in [0.15, 0.2) is 5.78 Å². The lowest BCUT2D eigenvalue weighted by atomic mass is 10.3. The Kier molecular flexibility index (Phi) is 2.49. The van der Waals surface area contributed by atoms with Crippen LogP contribution in [0.15, 0.2) is 11.9 Å². The van der Waals surface area contributed by atoms with Gasteiger partial charge >= 0.3 is 0 Å². The fraction of sp³-hybridized carbons (Fsp3) is 0.667. The van der Waals surface area contributed by atoms with Crippen LogP contribution in [0.5, 0.6) is 0 Å². The molecule has 0 aromatic heterocycles. The van der Waals surface area contributed by atoms with Crippen LogP contribution >= 0.6 is 0 Å². The zero-order valence-electron chi connectivity index (χ0n) is 7.51. The second-order valence-corrected chi connectivity index (χ2v) is 3.50. The molecule has 0 atom stereocenters. The number of hydroxylamine groups is 1. The van der Waals surface area contributed by atoms with Crippen LogP contribution in [0.4, 0.5) is 0 Å². The van der Waals surface area contributed by atoms with Crippen molar-refractivity contribution in [2.45, 2.75) is 31.8 Å². The summed E-state index contributed by atoms with van der Waals surface area (Å²) < 4.78 is 0. The van der Waals surface area contributed by atoms with E-state index in [9.17, 15) is 4.79 Å². The van der Waals surface area contributed by atoms with Crippen molar-refractivity contribution in [3.63, 3.8) is 0 Å². The van der Waals surface area contributed by atoms with Crippen LogP contribution < -0.4 is 10.8 Å². The number of carbonyl (C=O) groups excluding carboxylic acids is 1. The maximum Gasteiger partial charge on any atom is 0.178 e. The van der Waals surface area contributed by atoms with Gasteiger partial charge in [0.05, 0.1) is 12.6 Å². The van der Waals surface area contributed by atoms with Crippen LogP contribution in [0.25, 0.3) is 0 Å². The van der Waals surface area contributed by atoms with Gasteiger partial charge in [-0.25, -0.2) is 0 Å². The highest BCUT2D eigenvalue weighted by molar-refractivity contribution is 5.94. The molecule has 0 unspecified atom stereocenters. The first-order valence-corrected chi connectivity index (χ1v) is 4.74. The van der Waals surface area contributed by atoms with Crippen molar-refractivity contribution >= 4 is 5.78 Å². The number of carbonyl (C=O) groups is 1. The normalized spacial score (nSPS) is 23.1. The smallest absolute Gasteiger partial charge is 0.178 e. The summed E-state index contributed by atoms with van der Waals surface area (Å²) in [4.78, 5) is 16.2. The van der Waals surface area contributed by atoms with E-state index < -0.39 is 0 Å². The first-order chi connectivity index (χ1) is 6.34. The summed E-state index contributed by atoms with van der Waals surface area (Å²) in [6.07, 6.45) is 6.59. The highest BCUT2D eigenvalue weighted by Gasteiger charge is 2.17. The van der Waals surface area contributed by atoms with Gasteiger partial charge < -0.3 is 5.32 Å². The topological polar surface area (TPSA) is 50.4 Å². The molecule has 0 aromatic carbocycles. The summed E-state index contributed by atoms with van der Waals surface area (Å²) in [6, 6.07) is 0. The minimum Gasteiger partial charge on any atom is -0.363 e. The summed E-state index contributed by atoms with van der Waals surface area (Å²) in [5.74, 6) is 0.787. The molecular weight excluding hydrogens is 168 g/mol. The molecule has 1 aliphatic heterocycles. The maximum absolute atomic E-state index is 10.8. The summed E-state index contributed by atoms with van der Waals surface area (Å²) in [6.45, 7) is 0.385. The minimum atomic E-state index is 0.0949. The van der Waals surface area contributed by atoms with Gasteiger partial charge in [-0.1, -0.05) is 12.8 Å². The zero-order valence-corrected chi connectivity index (χ0v) is 7.51. The first-order valence-electron chi connectivity index (χ1n) is 4.74. The first kappa shape index (κ1) is 8.56. The summed E-state index contributed by atoms with van der Waals surface area (Å²) in [7, 11) is 0. The largest absolute Gasteiger partial charge is 0.363 e.